The quantitative estimate of drug-likeness (QED) is 0.723. The molecule has 0 aromatic carbocycles. The second-order valence-electron chi connectivity index (χ2n) is 4.78. The van der Waals surface area contributed by atoms with Crippen LogP contribution in [-0.4, -0.2) is 17.4 Å². The average Bonchev–Trinajstić information content (AvgIpc) is 2.61. The summed E-state index contributed by atoms with van der Waals surface area (Å²) in [6, 6.07) is 0. The van der Waals surface area contributed by atoms with Crippen molar-refractivity contribution in [2.75, 3.05) is 6.54 Å². The minimum absolute atomic E-state index is 0.00546. The summed E-state index contributed by atoms with van der Waals surface area (Å²) in [4.78, 5) is 12.1. The average molecular weight is 242 g/mol. The van der Waals surface area contributed by atoms with Crippen LogP contribution in [0.4, 0.5) is 0 Å². The highest BCUT2D eigenvalue weighted by atomic mass is 32.1. The SMILES string of the molecule is CCC(C(=O)NCC1CCCC1C)C(N)=S. The Hall–Kier alpha value is -0.640. The van der Waals surface area contributed by atoms with Gasteiger partial charge in [0, 0.05) is 6.54 Å². The Morgan fingerprint density at radius 1 is 1.56 bits per heavy atom. The molecule has 1 fully saturated rings. The van der Waals surface area contributed by atoms with Crippen LogP contribution in [0.3, 0.4) is 0 Å². The van der Waals surface area contributed by atoms with E-state index in [2.05, 4.69) is 12.2 Å². The fourth-order valence-electron chi connectivity index (χ4n) is 2.40. The van der Waals surface area contributed by atoms with E-state index in [0.717, 1.165) is 12.5 Å². The Labute approximate surface area is 103 Å². The van der Waals surface area contributed by atoms with Crippen molar-refractivity contribution in [1.82, 2.24) is 5.32 Å². The van der Waals surface area contributed by atoms with E-state index in [9.17, 15) is 4.79 Å². The Morgan fingerprint density at radius 3 is 2.69 bits per heavy atom. The zero-order chi connectivity index (χ0) is 12.1. The van der Waals surface area contributed by atoms with Gasteiger partial charge in [0.2, 0.25) is 5.91 Å². The Kier molecular flexibility index (Phi) is 5.19. The van der Waals surface area contributed by atoms with Gasteiger partial charge < -0.3 is 11.1 Å². The molecule has 0 saturated heterocycles. The predicted molar refractivity (Wildman–Crippen MR) is 70.1 cm³/mol. The van der Waals surface area contributed by atoms with E-state index in [1.54, 1.807) is 0 Å². The van der Waals surface area contributed by atoms with Crippen LogP contribution in [0.2, 0.25) is 0 Å². The Balaban J connectivity index is 2.36. The van der Waals surface area contributed by atoms with Gasteiger partial charge >= 0.3 is 0 Å². The van der Waals surface area contributed by atoms with Crippen LogP contribution >= 0.6 is 12.2 Å². The van der Waals surface area contributed by atoms with E-state index >= 15 is 0 Å². The second-order valence-corrected chi connectivity index (χ2v) is 5.25. The molecule has 1 saturated carbocycles. The first-order chi connectivity index (χ1) is 7.56. The molecule has 0 heterocycles. The summed E-state index contributed by atoms with van der Waals surface area (Å²) >= 11 is 4.88. The number of nitrogens with two attached hydrogens (primary N) is 1. The number of rotatable bonds is 5. The van der Waals surface area contributed by atoms with Crippen LogP contribution < -0.4 is 11.1 Å². The number of thiocarbonyl (C=S) groups is 1. The molecule has 3 atom stereocenters. The van der Waals surface area contributed by atoms with Gasteiger partial charge in [0.15, 0.2) is 0 Å². The number of hydrogen-bond acceptors (Lipinski definition) is 2. The van der Waals surface area contributed by atoms with E-state index in [1.165, 1.54) is 19.3 Å². The van der Waals surface area contributed by atoms with Gasteiger partial charge in [-0.25, -0.2) is 0 Å². The maximum absolute atomic E-state index is 11.8. The summed E-state index contributed by atoms with van der Waals surface area (Å²) in [5.74, 6) is 1.05. The molecule has 3 nitrogen and oxygen atoms in total. The van der Waals surface area contributed by atoms with E-state index in [0.29, 0.717) is 17.3 Å². The normalized spacial score (nSPS) is 26.4. The molecule has 1 aliphatic rings. The van der Waals surface area contributed by atoms with Crippen molar-refractivity contribution in [3.63, 3.8) is 0 Å². The minimum atomic E-state index is -0.299. The third-order valence-electron chi connectivity index (χ3n) is 3.65. The van der Waals surface area contributed by atoms with Crippen LogP contribution in [0.1, 0.15) is 39.5 Å². The summed E-state index contributed by atoms with van der Waals surface area (Å²) in [7, 11) is 0. The lowest BCUT2D eigenvalue weighted by atomic mass is 9.97. The zero-order valence-corrected chi connectivity index (χ0v) is 11.0. The fraction of sp³-hybridized carbons (Fsp3) is 0.833. The molecule has 1 rings (SSSR count). The summed E-state index contributed by atoms with van der Waals surface area (Å²) in [6.45, 7) is 4.97. The summed E-state index contributed by atoms with van der Waals surface area (Å²) in [5, 5.41) is 2.98. The molecular formula is C12H22N2OS. The van der Waals surface area contributed by atoms with Crippen molar-refractivity contribution < 1.29 is 4.79 Å². The standard InChI is InChI=1S/C12H22N2OS/c1-3-10(11(13)16)12(15)14-7-9-6-4-5-8(9)2/h8-10H,3-7H2,1-2H3,(H2,13,16)(H,14,15). The van der Waals surface area contributed by atoms with Gasteiger partial charge in [-0.05, 0) is 24.7 Å². The molecule has 3 unspecified atom stereocenters. The molecular weight excluding hydrogens is 220 g/mol. The lowest BCUT2D eigenvalue weighted by Crippen LogP contribution is -2.39. The third kappa shape index (κ3) is 3.44. The molecule has 0 radical (unpaired) electrons. The van der Waals surface area contributed by atoms with Crippen LogP contribution in [0, 0.1) is 17.8 Å². The van der Waals surface area contributed by atoms with Crippen molar-refractivity contribution in [2.45, 2.75) is 39.5 Å². The van der Waals surface area contributed by atoms with E-state index < -0.39 is 0 Å². The Morgan fingerprint density at radius 2 is 2.25 bits per heavy atom. The number of hydrogen-bond donors (Lipinski definition) is 2. The largest absolute Gasteiger partial charge is 0.393 e. The van der Waals surface area contributed by atoms with E-state index in [1.807, 2.05) is 6.92 Å². The molecule has 92 valence electrons. The summed E-state index contributed by atoms with van der Waals surface area (Å²) < 4.78 is 0. The van der Waals surface area contributed by atoms with E-state index in [-0.39, 0.29) is 11.8 Å². The second kappa shape index (κ2) is 6.18. The van der Waals surface area contributed by atoms with Crippen molar-refractivity contribution >= 4 is 23.1 Å². The molecule has 0 bridgehead atoms. The maximum Gasteiger partial charge on any atom is 0.229 e. The van der Waals surface area contributed by atoms with Gasteiger partial charge in [-0.15, -0.1) is 0 Å². The molecule has 0 aliphatic heterocycles. The van der Waals surface area contributed by atoms with Crippen LogP contribution in [0.5, 0.6) is 0 Å². The molecule has 0 aromatic heterocycles. The lowest BCUT2D eigenvalue weighted by molar-refractivity contribution is -0.123. The molecule has 3 N–H and O–H groups in total. The zero-order valence-electron chi connectivity index (χ0n) is 10.2. The molecule has 0 aromatic rings. The number of nitrogens with one attached hydrogen (secondary N) is 1. The van der Waals surface area contributed by atoms with Crippen molar-refractivity contribution in [3.05, 3.63) is 0 Å². The smallest absolute Gasteiger partial charge is 0.229 e. The molecule has 1 aliphatic carbocycles. The number of amides is 1. The third-order valence-corrected chi connectivity index (χ3v) is 3.93. The topological polar surface area (TPSA) is 55.1 Å². The highest BCUT2D eigenvalue weighted by Gasteiger charge is 2.25. The van der Waals surface area contributed by atoms with E-state index in [4.69, 9.17) is 18.0 Å². The number of carbonyl (C=O) groups is 1. The summed E-state index contributed by atoms with van der Waals surface area (Å²) in [5.41, 5.74) is 5.53. The van der Waals surface area contributed by atoms with Gasteiger partial charge in [-0.3, -0.25) is 4.79 Å². The number of carbonyl (C=O) groups excluding carboxylic acids is 1. The molecule has 16 heavy (non-hydrogen) atoms. The first-order valence-electron chi connectivity index (χ1n) is 6.13. The predicted octanol–water partition coefficient (Wildman–Crippen LogP) is 1.85. The first-order valence-corrected chi connectivity index (χ1v) is 6.54. The van der Waals surface area contributed by atoms with Crippen molar-refractivity contribution in [1.29, 1.82) is 0 Å². The van der Waals surface area contributed by atoms with Gasteiger partial charge in [0.05, 0.1) is 10.9 Å². The highest BCUT2D eigenvalue weighted by Crippen LogP contribution is 2.30. The first kappa shape index (κ1) is 13.4. The van der Waals surface area contributed by atoms with Crippen molar-refractivity contribution in [3.8, 4) is 0 Å². The van der Waals surface area contributed by atoms with Gasteiger partial charge in [0.1, 0.15) is 0 Å². The Bertz CT molecular complexity index is 268. The van der Waals surface area contributed by atoms with Crippen LogP contribution in [-0.2, 0) is 4.79 Å². The van der Waals surface area contributed by atoms with Gasteiger partial charge in [0.25, 0.3) is 0 Å². The molecule has 4 heteroatoms. The van der Waals surface area contributed by atoms with Crippen LogP contribution in [0.25, 0.3) is 0 Å². The monoisotopic (exact) mass is 242 g/mol. The van der Waals surface area contributed by atoms with Crippen LogP contribution in [0.15, 0.2) is 0 Å². The fourth-order valence-corrected chi connectivity index (χ4v) is 2.67. The van der Waals surface area contributed by atoms with Gasteiger partial charge in [-0.2, -0.15) is 0 Å². The van der Waals surface area contributed by atoms with Gasteiger partial charge in [-0.1, -0.05) is 38.9 Å². The molecule has 1 amide bonds. The highest BCUT2D eigenvalue weighted by molar-refractivity contribution is 7.80. The summed E-state index contributed by atoms with van der Waals surface area (Å²) in [6.07, 6.45) is 4.48. The minimum Gasteiger partial charge on any atom is -0.393 e. The molecule has 0 spiro atoms. The lowest BCUT2D eigenvalue weighted by Gasteiger charge is -2.18. The van der Waals surface area contributed by atoms with Crippen molar-refractivity contribution in [2.24, 2.45) is 23.5 Å². The maximum atomic E-state index is 11.8.